The topological polar surface area (TPSA) is 86.3 Å². The van der Waals surface area contributed by atoms with E-state index in [0.29, 0.717) is 12.4 Å². The number of carboxylic acids is 1. The summed E-state index contributed by atoms with van der Waals surface area (Å²) in [6.07, 6.45) is 4.24. The first kappa shape index (κ1) is 12.6. The zero-order chi connectivity index (χ0) is 13.1. The smallest absolute Gasteiger partial charge is 0.305 e. The van der Waals surface area contributed by atoms with Gasteiger partial charge in [-0.25, -0.2) is 4.98 Å². The van der Waals surface area contributed by atoms with Gasteiger partial charge in [0.25, 0.3) is 5.91 Å². The maximum absolute atomic E-state index is 12.2. The number of aryl methyl sites for hydroxylation is 1. The van der Waals surface area contributed by atoms with Gasteiger partial charge in [0.05, 0.1) is 6.42 Å². The Kier molecular flexibility index (Phi) is 3.64. The van der Waals surface area contributed by atoms with E-state index < -0.39 is 5.97 Å². The number of H-pyrrole nitrogens is 1. The van der Waals surface area contributed by atoms with Crippen molar-refractivity contribution >= 4 is 11.9 Å². The van der Waals surface area contributed by atoms with E-state index in [-0.39, 0.29) is 18.4 Å². The number of nitrogens with one attached hydrogen (secondary N) is 1. The molecule has 18 heavy (non-hydrogen) atoms. The molecule has 2 N–H and O–H groups in total. The number of piperidine rings is 1. The van der Waals surface area contributed by atoms with Crippen molar-refractivity contribution in [2.45, 2.75) is 38.6 Å². The number of imidazole rings is 1. The monoisotopic (exact) mass is 251 g/mol. The summed E-state index contributed by atoms with van der Waals surface area (Å²) in [7, 11) is 0. The van der Waals surface area contributed by atoms with Crippen molar-refractivity contribution in [3.05, 3.63) is 17.7 Å². The van der Waals surface area contributed by atoms with Crippen LogP contribution < -0.4 is 0 Å². The van der Waals surface area contributed by atoms with Crippen molar-refractivity contribution in [3.8, 4) is 0 Å². The molecule has 0 unspecified atom stereocenters. The zero-order valence-corrected chi connectivity index (χ0v) is 10.3. The number of aliphatic carboxylic acids is 1. The predicted molar refractivity (Wildman–Crippen MR) is 64.3 cm³/mol. The number of hydrogen-bond acceptors (Lipinski definition) is 3. The minimum absolute atomic E-state index is 0.00539. The van der Waals surface area contributed by atoms with Gasteiger partial charge in [0.1, 0.15) is 0 Å². The largest absolute Gasteiger partial charge is 0.481 e. The Hall–Kier alpha value is -1.85. The third-order valence-electron chi connectivity index (χ3n) is 3.20. The van der Waals surface area contributed by atoms with E-state index >= 15 is 0 Å². The summed E-state index contributed by atoms with van der Waals surface area (Å²) in [4.78, 5) is 31.6. The first-order valence-corrected chi connectivity index (χ1v) is 6.12. The lowest BCUT2D eigenvalue weighted by Crippen LogP contribution is -2.45. The van der Waals surface area contributed by atoms with Gasteiger partial charge in [0.2, 0.25) is 0 Å². The molecule has 0 spiro atoms. The standard InChI is InChI=1S/C12H17N3O3/c1-8-7-13-11(14-8)12(18)15-5-3-2-4-9(15)6-10(16)17/h7,9H,2-6H2,1H3,(H,13,14)(H,16,17)/t9-/m0/s1. The van der Waals surface area contributed by atoms with Crippen LogP contribution in [0.25, 0.3) is 0 Å². The SMILES string of the molecule is Cc1cnc(C(=O)N2CCCC[C@H]2CC(=O)O)[nH]1. The summed E-state index contributed by atoms with van der Waals surface area (Å²) in [5.74, 6) is -0.769. The maximum Gasteiger partial charge on any atom is 0.305 e. The molecule has 2 heterocycles. The minimum atomic E-state index is -0.865. The van der Waals surface area contributed by atoms with Gasteiger partial charge in [-0.15, -0.1) is 0 Å². The molecule has 1 atom stereocenters. The number of carboxylic acid groups (broad SMARTS) is 1. The van der Waals surface area contributed by atoms with E-state index in [4.69, 9.17) is 5.11 Å². The molecule has 1 aliphatic heterocycles. The molecule has 0 bridgehead atoms. The highest BCUT2D eigenvalue weighted by Crippen LogP contribution is 2.21. The third-order valence-corrected chi connectivity index (χ3v) is 3.20. The molecule has 1 fully saturated rings. The highest BCUT2D eigenvalue weighted by atomic mass is 16.4. The van der Waals surface area contributed by atoms with E-state index in [1.54, 1.807) is 11.1 Å². The summed E-state index contributed by atoms with van der Waals surface area (Å²) in [6, 6.07) is -0.214. The van der Waals surface area contributed by atoms with Crippen LogP contribution in [0.2, 0.25) is 0 Å². The van der Waals surface area contributed by atoms with Gasteiger partial charge in [-0.3, -0.25) is 9.59 Å². The van der Waals surface area contributed by atoms with Crippen LogP contribution in [0.3, 0.4) is 0 Å². The lowest BCUT2D eigenvalue weighted by atomic mass is 9.99. The highest BCUT2D eigenvalue weighted by Gasteiger charge is 2.30. The van der Waals surface area contributed by atoms with Crippen LogP contribution in [-0.2, 0) is 4.79 Å². The molecule has 1 aromatic rings. The molecule has 0 aromatic carbocycles. The van der Waals surface area contributed by atoms with Crippen molar-refractivity contribution in [2.24, 2.45) is 0 Å². The van der Waals surface area contributed by atoms with Crippen LogP contribution in [-0.4, -0.2) is 44.4 Å². The van der Waals surface area contributed by atoms with Gasteiger partial charge < -0.3 is 15.0 Å². The van der Waals surface area contributed by atoms with Crippen LogP contribution in [0.1, 0.15) is 42.0 Å². The number of nitrogens with zero attached hydrogens (tertiary/aromatic N) is 2. The van der Waals surface area contributed by atoms with Crippen molar-refractivity contribution in [1.82, 2.24) is 14.9 Å². The number of likely N-dealkylation sites (tertiary alicyclic amines) is 1. The summed E-state index contributed by atoms with van der Waals surface area (Å²) >= 11 is 0. The highest BCUT2D eigenvalue weighted by molar-refractivity contribution is 5.91. The summed E-state index contributed by atoms with van der Waals surface area (Å²) < 4.78 is 0. The molecule has 0 radical (unpaired) electrons. The molecule has 2 rings (SSSR count). The lowest BCUT2D eigenvalue weighted by molar-refractivity contribution is -0.138. The number of aromatic nitrogens is 2. The molecule has 1 amide bonds. The second-order valence-corrected chi connectivity index (χ2v) is 4.66. The van der Waals surface area contributed by atoms with Crippen LogP contribution in [0.4, 0.5) is 0 Å². The maximum atomic E-state index is 12.2. The Morgan fingerprint density at radius 3 is 2.94 bits per heavy atom. The van der Waals surface area contributed by atoms with Crippen molar-refractivity contribution < 1.29 is 14.7 Å². The molecule has 6 heteroatoms. The van der Waals surface area contributed by atoms with E-state index in [2.05, 4.69) is 9.97 Å². The van der Waals surface area contributed by atoms with Gasteiger partial charge in [0, 0.05) is 24.5 Å². The molecular weight excluding hydrogens is 234 g/mol. The Labute approximate surface area is 105 Å². The number of rotatable bonds is 3. The number of aromatic amines is 1. The first-order valence-electron chi connectivity index (χ1n) is 6.12. The summed E-state index contributed by atoms with van der Waals surface area (Å²) in [5, 5.41) is 8.88. The average molecular weight is 251 g/mol. The van der Waals surface area contributed by atoms with E-state index in [9.17, 15) is 9.59 Å². The molecule has 0 saturated carbocycles. The second-order valence-electron chi connectivity index (χ2n) is 4.66. The Bertz CT molecular complexity index is 455. The Balaban J connectivity index is 2.13. The van der Waals surface area contributed by atoms with Gasteiger partial charge in [-0.05, 0) is 26.2 Å². The fourth-order valence-electron chi connectivity index (χ4n) is 2.34. The van der Waals surface area contributed by atoms with Gasteiger partial charge in [-0.2, -0.15) is 0 Å². The number of amides is 1. The van der Waals surface area contributed by atoms with Crippen LogP contribution >= 0.6 is 0 Å². The number of carbonyl (C=O) groups excluding carboxylic acids is 1. The zero-order valence-electron chi connectivity index (χ0n) is 10.3. The van der Waals surface area contributed by atoms with Gasteiger partial charge in [0.15, 0.2) is 5.82 Å². The van der Waals surface area contributed by atoms with Crippen LogP contribution in [0.15, 0.2) is 6.20 Å². The molecule has 6 nitrogen and oxygen atoms in total. The predicted octanol–water partition coefficient (Wildman–Crippen LogP) is 1.19. The van der Waals surface area contributed by atoms with Gasteiger partial charge >= 0.3 is 5.97 Å². The van der Waals surface area contributed by atoms with Crippen molar-refractivity contribution in [3.63, 3.8) is 0 Å². The molecule has 1 saturated heterocycles. The Morgan fingerprint density at radius 2 is 2.33 bits per heavy atom. The van der Waals surface area contributed by atoms with E-state index in [0.717, 1.165) is 25.0 Å². The number of hydrogen-bond donors (Lipinski definition) is 2. The van der Waals surface area contributed by atoms with Gasteiger partial charge in [-0.1, -0.05) is 0 Å². The first-order chi connectivity index (χ1) is 8.58. The van der Waals surface area contributed by atoms with Crippen LogP contribution in [0, 0.1) is 6.92 Å². The fourth-order valence-corrected chi connectivity index (χ4v) is 2.34. The number of carbonyl (C=O) groups is 2. The van der Waals surface area contributed by atoms with E-state index in [1.807, 2.05) is 6.92 Å². The molecule has 1 aromatic heterocycles. The lowest BCUT2D eigenvalue weighted by Gasteiger charge is -2.34. The summed E-state index contributed by atoms with van der Waals surface area (Å²) in [6.45, 7) is 2.44. The molecule has 0 aliphatic carbocycles. The van der Waals surface area contributed by atoms with Crippen molar-refractivity contribution in [1.29, 1.82) is 0 Å². The normalized spacial score (nSPS) is 19.8. The minimum Gasteiger partial charge on any atom is -0.481 e. The quantitative estimate of drug-likeness (QED) is 0.844. The van der Waals surface area contributed by atoms with E-state index in [1.165, 1.54) is 0 Å². The molecular formula is C12H17N3O3. The van der Waals surface area contributed by atoms with Crippen molar-refractivity contribution in [2.75, 3.05) is 6.54 Å². The average Bonchev–Trinajstić information content (AvgIpc) is 2.75. The van der Waals surface area contributed by atoms with Crippen LogP contribution in [0.5, 0.6) is 0 Å². The molecule has 1 aliphatic rings. The summed E-state index contributed by atoms with van der Waals surface area (Å²) in [5.41, 5.74) is 0.824. The Morgan fingerprint density at radius 1 is 1.56 bits per heavy atom. The fraction of sp³-hybridized carbons (Fsp3) is 0.583. The third kappa shape index (κ3) is 2.69. The molecule has 98 valence electrons. The second kappa shape index (κ2) is 5.20.